The molecule has 0 fully saturated rings. The number of hydrogen-bond acceptors (Lipinski definition) is 3. The van der Waals surface area contributed by atoms with Gasteiger partial charge in [-0.3, -0.25) is 15.6 Å². The molecule has 0 radical (unpaired) electrons. The van der Waals surface area contributed by atoms with Crippen LogP contribution in [-0.2, 0) is 6.42 Å². The van der Waals surface area contributed by atoms with Gasteiger partial charge in [-0.1, -0.05) is 19.1 Å². The summed E-state index contributed by atoms with van der Waals surface area (Å²) in [5.74, 6) is -0.234. The van der Waals surface area contributed by atoms with Crippen LogP contribution >= 0.6 is 12.2 Å². The van der Waals surface area contributed by atoms with Gasteiger partial charge in [-0.05, 0) is 74.4 Å². The van der Waals surface area contributed by atoms with E-state index in [1.54, 1.807) is 0 Å². The lowest BCUT2D eigenvalue weighted by molar-refractivity contribution is 0.0944. The van der Waals surface area contributed by atoms with Gasteiger partial charge in [0, 0.05) is 30.0 Å². The Morgan fingerprint density at radius 3 is 2.31 bits per heavy atom. The van der Waals surface area contributed by atoms with Crippen molar-refractivity contribution in [2.24, 2.45) is 0 Å². The Kier molecular flexibility index (Phi) is 7.41. The summed E-state index contributed by atoms with van der Waals surface area (Å²) in [7, 11) is 0. The lowest BCUT2D eigenvalue weighted by Crippen LogP contribution is -2.43. The van der Waals surface area contributed by atoms with Crippen LogP contribution in [0.5, 0.6) is 0 Å². The van der Waals surface area contributed by atoms with E-state index >= 15 is 0 Å². The quantitative estimate of drug-likeness (QED) is 0.534. The highest BCUT2D eigenvalue weighted by Gasteiger charge is 2.08. The molecule has 5 nitrogen and oxygen atoms in total. The number of rotatable bonds is 6. The number of nitrogens with one attached hydrogen (secondary N) is 3. The lowest BCUT2D eigenvalue weighted by atomic mass is 10.1. The van der Waals surface area contributed by atoms with Crippen molar-refractivity contribution in [3.8, 4) is 0 Å². The summed E-state index contributed by atoms with van der Waals surface area (Å²) in [5, 5.41) is 3.40. The third-order valence-corrected chi connectivity index (χ3v) is 4.34. The number of hydrogen-bond donors (Lipinski definition) is 3. The van der Waals surface area contributed by atoms with Crippen molar-refractivity contribution in [1.82, 2.24) is 10.9 Å². The number of hydrazine groups is 1. The molecule has 0 atom stereocenters. The van der Waals surface area contributed by atoms with E-state index in [9.17, 15) is 4.79 Å². The second-order valence-corrected chi connectivity index (χ2v) is 6.21. The van der Waals surface area contributed by atoms with E-state index in [-0.39, 0.29) is 5.91 Å². The molecule has 0 aliphatic rings. The summed E-state index contributed by atoms with van der Waals surface area (Å²) < 4.78 is 0. The van der Waals surface area contributed by atoms with Crippen molar-refractivity contribution in [3.05, 3.63) is 59.7 Å². The molecule has 0 heterocycles. The van der Waals surface area contributed by atoms with Gasteiger partial charge in [0.25, 0.3) is 5.91 Å². The van der Waals surface area contributed by atoms with E-state index < -0.39 is 0 Å². The molecule has 0 aromatic heterocycles. The van der Waals surface area contributed by atoms with E-state index in [4.69, 9.17) is 12.2 Å². The minimum absolute atomic E-state index is 0.234. The zero-order valence-corrected chi connectivity index (χ0v) is 16.3. The second kappa shape index (κ2) is 9.77. The smallest absolute Gasteiger partial charge is 0.269 e. The van der Waals surface area contributed by atoms with Crippen LogP contribution < -0.4 is 21.1 Å². The summed E-state index contributed by atoms with van der Waals surface area (Å²) in [6, 6.07) is 15.5. The van der Waals surface area contributed by atoms with Crippen molar-refractivity contribution in [3.63, 3.8) is 0 Å². The molecule has 6 heteroatoms. The van der Waals surface area contributed by atoms with Gasteiger partial charge in [0.15, 0.2) is 5.11 Å². The fraction of sp³-hybridized carbons (Fsp3) is 0.300. The SMILES string of the molecule is CCc1cccc(NC(=S)NNC(=O)c2ccc(N(CC)CC)cc2)c1. The summed E-state index contributed by atoms with van der Waals surface area (Å²) in [6.07, 6.45) is 0.954. The van der Waals surface area contributed by atoms with Gasteiger partial charge in [-0.15, -0.1) is 0 Å². The Bertz CT molecular complexity index is 742. The molecule has 0 saturated carbocycles. The van der Waals surface area contributed by atoms with Crippen LogP contribution in [0.3, 0.4) is 0 Å². The number of thiocarbonyl (C=S) groups is 1. The highest BCUT2D eigenvalue weighted by molar-refractivity contribution is 7.80. The van der Waals surface area contributed by atoms with E-state index in [2.05, 4.69) is 47.9 Å². The molecule has 0 bridgehead atoms. The molecular weight excluding hydrogens is 344 g/mol. The maximum Gasteiger partial charge on any atom is 0.269 e. The molecule has 0 aliphatic carbocycles. The number of benzene rings is 2. The first kappa shape index (κ1) is 19.7. The minimum atomic E-state index is -0.234. The van der Waals surface area contributed by atoms with E-state index in [0.29, 0.717) is 10.7 Å². The predicted octanol–water partition coefficient (Wildman–Crippen LogP) is 3.73. The van der Waals surface area contributed by atoms with Crippen LogP contribution in [0.25, 0.3) is 0 Å². The van der Waals surface area contributed by atoms with Gasteiger partial charge in [-0.25, -0.2) is 0 Å². The molecule has 2 aromatic rings. The molecule has 1 amide bonds. The molecule has 2 rings (SSSR count). The van der Waals surface area contributed by atoms with Crippen LogP contribution in [0, 0.1) is 0 Å². The van der Waals surface area contributed by atoms with Crippen molar-refractivity contribution >= 4 is 34.6 Å². The molecule has 26 heavy (non-hydrogen) atoms. The number of amides is 1. The third-order valence-electron chi connectivity index (χ3n) is 4.14. The van der Waals surface area contributed by atoms with Gasteiger partial charge in [0.2, 0.25) is 0 Å². The molecular formula is C20H26N4OS. The Hall–Kier alpha value is -2.60. The highest BCUT2D eigenvalue weighted by atomic mass is 32.1. The Morgan fingerprint density at radius 1 is 1.00 bits per heavy atom. The molecule has 0 saturated heterocycles. The second-order valence-electron chi connectivity index (χ2n) is 5.81. The standard InChI is InChI=1S/C20H26N4OS/c1-4-15-8-7-9-17(14-15)21-20(26)23-22-19(25)16-10-12-18(13-11-16)24(5-2)6-3/h7-14H,4-6H2,1-3H3,(H,22,25)(H2,21,23,26). The fourth-order valence-electron chi connectivity index (χ4n) is 2.63. The van der Waals surface area contributed by atoms with Gasteiger partial charge in [0.05, 0.1) is 0 Å². The first-order chi connectivity index (χ1) is 12.6. The van der Waals surface area contributed by atoms with Crippen LogP contribution in [0.15, 0.2) is 48.5 Å². The zero-order valence-electron chi connectivity index (χ0n) is 15.5. The Morgan fingerprint density at radius 2 is 1.69 bits per heavy atom. The first-order valence-electron chi connectivity index (χ1n) is 8.88. The Balaban J connectivity index is 1.88. The molecule has 0 unspecified atom stereocenters. The minimum Gasteiger partial charge on any atom is -0.372 e. The van der Waals surface area contributed by atoms with Crippen molar-refractivity contribution in [1.29, 1.82) is 0 Å². The normalized spacial score (nSPS) is 10.1. The molecule has 138 valence electrons. The first-order valence-corrected chi connectivity index (χ1v) is 9.29. The van der Waals surface area contributed by atoms with Crippen LogP contribution in [-0.4, -0.2) is 24.1 Å². The third kappa shape index (κ3) is 5.46. The molecule has 3 N–H and O–H groups in total. The van der Waals surface area contributed by atoms with Gasteiger partial charge in [0.1, 0.15) is 0 Å². The summed E-state index contributed by atoms with van der Waals surface area (Å²) >= 11 is 5.23. The number of carbonyl (C=O) groups is 1. The van der Waals surface area contributed by atoms with Gasteiger partial charge < -0.3 is 10.2 Å². The van der Waals surface area contributed by atoms with Gasteiger partial charge in [-0.2, -0.15) is 0 Å². The topological polar surface area (TPSA) is 56.4 Å². The number of carbonyl (C=O) groups excluding carboxylic acids is 1. The predicted molar refractivity (Wildman–Crippen MR) is 113 cm³/mol. The van der Waals surface area contributed by atoms with Gasteiger partial charge >= 0.3 is 0 Å². The van der Waals surface area contributed by atoms with Crippen LogP contribution in [0.4, 0.5) is 11.4 Å². The van der Waals surface area contributed by atoms with E-state index in [1.807, 2.05) is 42.5 Å². The highest BCUT2D eigenvalue weighted by Crippen LogP contribution is 2.15. The fourth-order valence-corrected chi connectivity index (χ4v) is 2.80. The summed E-state index contributed by atoms with van der Waals surface area (Å²) in [6.45, 7) is 8.18. The van der Waals surface area contributed by atoms with Crippen molar-refractivity contribution in [2.75, 3.05) is 23.3 Å². The monoisotopic (exact) mass is 370 g/mol. The van der Waals surface area contributed by atoms with Crippen molar-refractivity contribution in [2.45, 2.75) is 27.2 Å². The molecule has 0 aliphatic heterocycles. The van der Waals surface area contributed by atoms with E-state index in [0.717, 1.165) is 30.9 Å². The summed E-state index contributed by atoms with van der Waals surface area (Å²) in [4.78, 5) is 14.5. The maximum absolute atomic E-state index is 12.2. The largest absolute Gasteiger partial charge is 0.372 e. The van der Waals surface area contributed by atoms with Crippen LogP contribution in [0.2, 0.25) is 0 Å². The Labute approximate surface area is 160 Å². The molecule has 0 spiro atoms. The average molecular weight is 371 g/mol. The number of nitrogens with zero attached hydrogens (tertiary/aromatic N) is 1. The molecule has 2 aromatic carbocycles. The number of anilines is 2. The van der Waals surface area contributed by atoms with Crippen molar-refractivity contribution < 1.29 is 4.79 Å². The lowest BCUT2D eigenvalue weighted by Gasteiger charge is -2.21. The maximum atomic E-state index is 12.2. The van der Waals surface area contributed by atoms with E-state index in [1.165, 1.54) is 5.56 Å². The van der Waals surface area contributed by atoms with Crippen LogP contribution in [0.1, 0.15) is 36.7 Å². The zero-order chi connectivity index (χ0) is 18.9. The average Bonchev–Trinajstić information content (AvgIpc) is 2.67. The number of aryl methyl sites for hydroxylation is 1. The summed E-state index contributed by atoms with van der Waals surface area (Å²) in [5.41, 5.74) is 9.14.